The molecule has 1 amide bonds. The number of carbonyl (C=O) groups is 2. The summed E-state index contributed by atoms with van der Waals surface area (Å²) in [6.07, 6.45) is 4.30. The van der Waals surface area contributed by atoms with Gasteiger partial charge in [0.15, 0.2) is 6.10 Å². The van der Waals surface area contributed by atoms with E-state index in [0.717, 1.165) is 17.7 Å². The first-order chi connectivity index (χ1) is 12.0. The van der Waals surface area contributed by atoms with Crippen molar-refractivity contribution >= 4 is 23.6 Å². The molecule has 1 aromatic carbocycles. The SMILES string of the molecule is CC[C@H](C)c1ccccc1NC(=O)[C@@H](C)OC(=O)/C=C/c1ccco1. The maximum absolute atomic E-state index is 12.3. The molecule has 132 valence electrons. The number of ether oxygens (including phenoxy) is 1. The van der Waals surface area contributed by atoms with E-state index in [1.165, 1.54) is 18.4 Å². The quantitative estimate of drug-likeness (QED) is 0.599. The van der Waals surface area contributed by atoms with E-state index in [4.69, 9.17) is 9.15 Å². The van der Waals surface area contributed by atoms with Crippen molar-refractivity contribution in [1.82, 2.24) is 0 Å². The van der Waals surface area contributed by atoms with Gasteiger partial charge >= 0.3 is 5.97 Å². The highest BCUT2D eigenvalue weighted by atomic mass is 16.5. The Morgan fingerprint density at radius 1 is 1.20 bits per heavy atom. The highest BCUT2D eigenvalue weighted by Crippen LogP contribution is 2.26. The van der Waals surface area contributed by atoms with Crippen LogP contribution in [0.3, 0.4) is 0 Å². The van der Waals surface area contributed by atoms with Crippen molar-refractivity contribution in [2.75, 3.05) is 5.32 Å². The van der Waals surface area contributed by atoms with Gasteiger partial charge in [-0.15, -0.1) is 0 Å². The molecule has 1 aromatic heterocycles. The molecule has 1 heterocycles. The zero-order chi connectivity index (χ0) is 18.2. The Balaban J connectivity index is 1.95. The molecule has 1 N–H and O–H groups in total. The number of furan rings is 1. The number of carbonyl (C=O) groups excluding carboxylic acids is 2. The highest BCUT2D eigenvalue weighted by Gasteiger charge is 2.18. The van der Waals surface area contributed by atoms with Gasteiger partial charge in [-0.3, -0.25) is 4.79 Å². The summed E-state index contributed by atoms with van der Waals surface area (Å²) < 4.78 is 10.2. The Hall–Kier alpha value is -2.82. The molecule has 2 atom stereocenters. The molecule has 5 heteroatoms. The van der Waals surface area contributed by atoms with E-state index in [9.17, 15) is 9.59 Å². The van der Waals surface area contributed by atoms with E-state index < -0.39 is 12.1 Å². The minimum atomic E-state index is -0.904. The summed E-state index contributed by atoms with van der Waals surface area (Å²) in [7, 11) is 0. The van der Waals surface area contributed by atoms with Crippen LogP contribution < -0.4 is 5.32 Å². The van der Waals surface area contributed by atoms with E-state index in [1.54, 1.807) is 19.1 Å². The lowest BCUT2D eigenvalue weighted by Crippen LogP contribution is -2.29. The third-order valence-electron chi connectivity index (χ3n) is 3.95. The van der Waals surface area contributed by atoms with Gasteiger partial charge in [-0.05, 0) is 49.1 Å². The summed E-state index contributed by atoms with van der Waals surface area (Å²) >= 11 is 0. The Kier molecular flexibility index (Phi) is 6.57. The molecule has 0 radical (unpaired) electrons. The lowest BCUT2D eigenvalue weighted by atomic mass is 9.97. The Morgan fingerprint density at radius 3 is 2.64 bits per heavy atom. The minimum Gasteiger partial charge on any atom is -0.465 e. The van der Waals surface area contributed by atoms with Gasteiger partial charge in [0.25, 0.3) is 5.91 Å². The standard InChI is InChI=1S/C20H23NO4/c1-4-14(2)17-9-5-6-10-18(17)21-20(23)15(3)25-19(22)12-11-16-8-7-13-24-16/h5-15H,4H2,1-3H3,(H,21,23)/b12-11+/t14-,15+/m0/s1. The molecule has 0 spiro atoms. The Morgan fingerprint density at radius 2 is 1.96 bits per heavy atom. The van der Waals surface area contributed by atoms with Gasteiger partial charge in [-0.1, -0.05) is 32.0 Å². The van der Waals surface area contributed by atoms with E-state index in [2.05, 4.69) is 19.2 Å². The largest absolute Gasteiger partial charge is 0.465 e. The molecule has 0 aliphatic rings. The van der Waals surface area contributed by atoms with Gasteiger partial charge in [-0.2, -0.15) is 0 Å². The molecule has 0 saturated carbocycles. The van der Waals surface area contributed by atoms with Gasteiger partial charge in [0, 0.05) is 11.8 Å². The second kappa shape index (κ2) is 8.87. The van der Waals surface area contributed by atoms with Crippen LogP contribution in [0.15, 0.2) is 53.2 Å². The van der Waals surface area contributed by atoms with E-state index in [1.807, 2.05) is 24.3 Å². The maximum Gasteiger partial charge on any atom is 0.331 e. The van der Waals surface area contributed by atoms with E-state index >= 15 is 0 Å². The zero-order valence-electron chi connectivity index (χ0n) is 14.7. The summed E-state index contributed by atoms with van der Waals surface area (Å²) in [5, 5.41) is 2.84. The summed E-state index contributed by atoms with van der Waals surface area (Å²) in [5.74, 6) is -0.105. The maximum atomic E-state index is 12.3. The van der Waals surface area contributed by atoms with Crippen LogP contribution in [0.25, 0.3) is 6.08 Å². The summed E-state index contributed by atoms with van der Waals surface area (Å²) in [5.41, 5.74) is 1.81. The van der Waals surface area contributed by atoms with E-state index in [-0.39, 0.29) is 5.91 Å². The third kappa shape index (κ3) is 5.35. The zero-order valence-corrected chi connectivity index (χ0v) is 14.7. The van der Waals surface area contributed by atoms with E-state index in [0.29, 0.717) is 11.7 Å². The number of nitrogens with one attached hydrogen (secondary N) is 1. The number of para-hydroxylation sites is 1. The van der Waals surface area contributed by atoms with Crippen molar-refractivity contribution in [3.63, 3.8) is 0 Å². The number of hydrogen-bond donors (Lipinski definition) is 1. The number of anilines is 1. The van der Waals surface area contributed by atoms with Crippen molar-refractivity contribution in [2.24, 2.45) is 0 Å². The van der Waals surface area contributed by atoms with Crippen LogP contribution in [0.4, 0.5) is 5.69 Å². The third-order valence-corrected chi connectivity index (χ3v) is 3.95. The predicted molar refractivity (Wildman–Crippen MR) is 97.1 cm³/mol. The number of benzene rings is 1. The van der Waals surface area contributed by atoms with Gasteiger partial charge in [0.2, 0.25) is 0 Å². The monoisotopic (exact) mass is 341 g/mol. The van der Waals surface area contributed by atoms with Crippen LogP contribution in [0.2, 0.25) is 0 Å². The van der Waals surface area contributed by atoms with Gasteiger partial charge in [0.1, 0.15) is 5.76 Å². The van der Waals surface area contributed by atoms with Crippen molar-refractivity contribution in [3.05, 3.63) is 60.1 Å². The Bertz CT molecular complexity index is 734. The molecule has 0 aliphatic heterocycles. The first-order valence-corrected chi connectivity index (χ1v) is 8.33. The summed E-state index contributed by atoms with van der Waals surface area (Å²) in [4.78, 5) is 24.1. The molecule has 25 heavy (non-hydrogen) atoms. The fourth-order valence-electron chi connectivity index (χ4n) is 2.30. The average Bonchev–Trinajstić information content (AvgIpc) is 3.13. The molecule has 0 saturated heterocycles. The predicted octanol–water partition coefficient (Wildman–Crippen LogP) is 4.38. The van der Waals surface area contributed by atoms with Crippen LogP contribution in [0.1, 0.15) is 44.4 Å². The Labute approximate surface area is 147 Å². The lowest BCUT2D eigenvalue weighted by molar-refractivity contribution is -0.148. The molecule has 0 aliphatic carbocycles. The first-order valence-electron chi connectivity index (χ1n) is 8.33. The van der Waals surface area contributed by atoms with Gasteiger partial charge in [-0.25, -0.2) is 4.79 Å². The van der Waals surface area contributed by atoms with Crippen LogP contribution in [0, 0.1) is 0 Å². The summed E-state index contributed by atoms with van der Waals surface area (Å²) in [6, 6.07) is 11.1. The lowest BCUT2D eigenvalue weighted by Gasteiger charge is -2.17. The second-order valence-corrected chi connectivity index (χ2v) is 5.81. The van der Waals surface area contributed by atoms with Gasteiger partial charge < -0.3 is 14.5 Å². The number of esters is 1. The highest BCUT2D eigenvalue weighted by molar-refractivity contribution is 5.97. The van der Waals surface area contributed by atoms with Crippen molar-refractivity contribution < 1.29 is 18.7 Å². The molecule has 0 unspecified atom stereocenters. The molecule has 5 nitrogen and oxygen atoms in total. The van der Waals surface area contributed by atoms with Crippen molar-refractivity contribution in [2.45, 2.75) is 39.2 Å². The molecule has 0 bridgehead atoms. The topological polar surface area (TPSA) is 68.5 Å². The first kappa shape index (κ1) is 18.5. The number of rotatable bonds is 7. The molecule has 0 fully saturated rings. The number of hydrogen-bond acceptors (Lipinski definition) is 4. The van der Waals surface area contributed by atoms with Crippen LogP contribution in [-0.2, 0) is 14.3 Å². The summed E-state index contributed by atoms with van der Waals surface area (Å²) in [6.45, 7) is 5.74. The van der Waals surface area contributed by atoms with Crippen LogP contribution >= 0.6 is 0 Å². The second-order valence-electron chi connectivity index (χ2n) is 5.81. The molecular formula is C20H23NO4. The molecule has 2 aromatic rings. The fraction of sp³-hybridized carbons (Fsp3) is 0.300. The number of amides is 1. The normalized spacial score (nSPS) is 13.4. The van der Waals surface area contributed by atoms with Crippen LogP contribution in [-0.4, -0.2) is 18.0 Å². The molecular weight excluding hydrogens is 318 g/mol. The molecule has 2 rings (SSSR count). The van der Waals surface area contributed by atoms with Crippen molar-refractivity contribution in [3.8, 4) is 0 Å². The fourth-order valence-corrected chi connectivity index (χ4v) is 2.30. The average molecular weight is 341 g/mol. The minimum absolute atomic E-state index is 0.325. The van der Waals surface area contributed by atoms with Crippen LogP contribution in [0.5, 0.6) is 0 Å². The van der Waals surface area contributed by atoms with Crippen molar-refractivity contribution in [1.29, 1.82) is 0 Å². The smallest absolute Gasteiger partial charge is 0.331 e. The van der Waals surface area contributed by atoms with Gasteiger partial charge in [0.05, 0.1) is 6.26 Å².